The van der Waals surface area contributed by atoms with Crippen LogP contribution in [0.3, 0.4) is 0 Å². The Kier molecular flexibility index (Phi) is 9.29. The quantitative estimate of drug-likeness (QED) is 0.190. The molecule has 13 nitrogen and oxygen atoms in total. The van der Waals surface area contributed by atoms with Gasteiger partial charge in [-0.1, -0.05) is 0 Å². The van der Waals surface area contributed by atoms with E-state index in [0.717, 1.165) is 13.8 Å². The SMILES string of the molecule is CC(=O)OC1C(C)OC(OCCCC(=O)ON2C(=O)CCC2=O)C(OC(C)=O)C1OC(C)=O. The summed E-state index contributed by atoms with van der Waals surface area (Å²) in [6, 6.07) is 0. The Morgan fingerprint density at radius 1 is 0.879 bits per heavy atom. The second-order valence-electron chi connectivity index (χ2n) is 7.45. The third kappa shape index (κ3) is 7.49. The molecular weight excluding hydrogens is 446 g/mol. The van der Waals surface area contributed by atoms with Crippen molar-refractivity contribution in [3.63, 3.8) is 0 Å². The van der Waals surface area contributed by atoms with Crippen molar-refractivity contribution in [2.45, 2.75) is 84.1 Å². The van der Waals surface area contributed by atoms with Gasteiger partial charge in [-0.2, -0.15) is 0 Å². The molecule has 0 aliphatic carbocycles. The van der Waals surface area contributed by atoms with Gasteiger partial charge in [0.1, 0.15) is 0 Å². The summed E-state index contributed by atoms with van der Waals surface area (Å²) in [4.78, 5) is 74.4. The molecule has 2 aliphatic rings. The number of hydroxylamine groups is 2. The third-order valence-corrected chi connectivity index (χ3v) is 4.64. The molecule has 5 atom stereocenters. The van der Waals surface area contributed by atoms with Crippen LogP contribution < -0.4 is 0 Å². The normalized spacial score (nSPS) is 27.2. The average Bonchev–Trinajstić information content (AvgIpc) is 3.01. The zero-order valence-electron chi connectivity index (χ0n) is 18.8. The van der Waals surface area contributed by atoms with Crippen LogP contribution >= 0.6 is 0 Å². The van der Waals surface area contributed by atoms with Crippen molar-refractivity contribution in [1.29, 1.82) is 0 Å². The highest BCUT2D eigenvalue weighted by Gasteiger charge is 2.50. The molecule has 2 heterocycles. The van der Waals surface area contributed by atoms with Crippen LogP contribution in [0, 0.1) is 0 Å². The van der Waals surface area contributed by atoms with Crippen molar-refractivity contribution < 1.29 is 57.3 Å². The molecule has 2 amide bonds. The van der Waals surface area contributed by atoms with Gasteiger partial charge in [-0.05, 0) is 13.3 Å². The molecule has 5 unspecified atom stereocenters. The summed E-state index contributed by atoms with van der Waals surface area (Å²) in [7, 11) is 0. The Labute approximate surface area is 189 Å². The van der Waals surface area contributed by atoms with E-state index in [1.54, 1.807) is 6.92 Å². The zero-order valence-corrected chi connectivity index (χ0v) is 18.8. The number of rotatable bonds is 9. The molecule has 2 rings (SSSR count). The standard InChI is InChI=1S/C20H27NO12/c1-10-17(30-11(2)22)18(31-12(3)23)19(32-13(4)24)20(29-10)28-9-5-6-16(27)33-21-14(25)7-8-15(21)26/h10,17-20H,5-9H2,1-4H3. The Morgan fingerprint density at radius 3 is 1.94 bits per heavy atom. The molecule has 33 heavy (non-hydrogen) atoms. The molecule has 2 aliphatic heterocycles. The lowest BCUT2D eigenvalue weighted by molar-refractivity contribution is -0.300. The van der Waals surface area contributed by atoms with Crippen LogP contribution in [-0.4, -0.2) is 78.1 Å². The second-order valence-corrected chi connectivity index (χ2v) is 7.45. The number of ether oxygens (including phenoxy) is 5. The van der Waals surface area contributed by atoms with Gasteiger partial charge in [-0.25, -0.2) is 4.79 Å². The van der Waals surface area contributed by atoms with E-state index in [1.165, 1.54) is 6.92 Å². The smallest absolute Gasteiger partial charge is 0.333 e. The molecule has 184 valence electrons. The first-order chi connectivity index (χ1) is 15.5. The molecule has 13 heteroatoms. The molecule has 2 saturated heterocycles. The van der Waals surface area contributed by atoms with E-state index >= 15 is 0 Å². The van der Waals surface area contributed by atoms with Gasteiger partial charge in [0.15, 0.2) is 24.6 Å². The lowest BCUT2D eigenvalue weighted by Crippen LogP contribution is -2.61. The lowest BCUT2D eigenvalue weighted by Gasteiger charge is -2.43. The fraction of sp³-hybridized carbons (Fsp3) is 0.700. The van der Waals surface area contributed by atoms with Crippen molar-refractivity contribution >= 4 is 35.7 Å². The number of hydrogen-bond donors (Lipinski definition) is 0. The molecule has 0 aromatic rings. The lowest BCUT2D eigenvalue weighted by atomic mass is 9.99. The van der Waals surface area contributed by atoms with E-state index in [4.69, 9.17) is 28.5 Å². The van der Waals surface area contributed by atoms with E-state index in [0.29, 0.717) is 5.06 Å². The molecule has 0 spiro atoms. The van der Waals surface area contributed by atoms with Gasteiger partial charge in [0, 0.05) is 33.6 Å². The molecule has 2 fully saturated rings. The Balaban J connectivity index is 1.98. The van der Waals surface area contributed by atoms with Crippen molar-refractivity contribution in [1.82, 2.24) is 5.06 Å². The van der Waals surface area contributed by atoms with Crippen molar-refractivity contribution in [2.24, 2.45) is 0 Å². The van der Waals surface area contributed by atoms with Gasteiger partial charge >= 0.3 is 23.9 Å². The van der Waals surface area contributed by atoms with Crippen molar-refractivity contribution in [2.75, 3.05) is 6.61 Å². The maximum atomic E-state index is 11.9. The molecule has 0 bridgehead atoms. The van der Waals surface area contributed by atoms with Crippen LogP contribution in [0.1, 0.15) is 53.4 Å². The van der Waals surface area contributed by atoms with Gasteiger partial charge in [-0.3, -0.25) is 24.0 Å². The zero-order chi connectivity index (χ0) is 24.7. The molecule has 0 saturated carbocycles. The molecular formula is C20H27NO12. The Hall–Kier alpha value is -3.06. The summed E-state index contributed by atoms with van der Waals surface area (Å²) < 4.78 is 27.0. The Bertz CT molecular complexity index is 780. The van der Waals surface area contributed by atoms with E-state index in [-0.39, 0.29) is 32.3 Å². The molecule has 0 aromatic heterocycles. The van der Waals surface area contributed by atoms with E-state index in [9.17, 15) is 28.8 Å². The predicted octanol–water partition coefficient (Wildman–Crippen LogP) is -0.0697. The van der Waals surface area contributed by atoms with Crippen LogP contribution in [-0.2, 0) is 57.3 Å². The maximum absolute atomic E-state index is 11.9. The third-order valence-electron chi connectivity index (χ3n) is 4.64. The summed E-state index contributed by atoms with van der Waals surface area (Å²) in [5.41, 5.74) is 0. The van der Waals surface area contributed by atoms with E-state index < -0.39 is 66.4 Å². The van der Waals surface area contributed by atoms with Crippen LogP contribution in [0.5, 0.6) is 0 Å². The Morgan fingerprint density at radius 2 is 1.39 bits per heavy atom. The second kappa shape index (κ2) is 11.7. The van der Waals surface area contributed by atoms with Gasteiger partial charge in [0.2, 0.25) is 0 Å². The van der Waals surface area contributed by atoms with Crippen LogP contribution in [0.2, 0.25) is 0 Å². The number of carbonyl (C=O) groups is 6. The maximum Gasteiger partial charge on any atom is 0.333 e. The first kappa shape index (κ1) is 26.2. The van der Waals surface area contributed by atoms with E-state index in [2.05, 4.69) is 0 Å². The summed E-state index contributed by atoms with van der Waals surface area (Å²) in [6.07, 6.45) is -5.57. The number of imide groups is 1. The highest BCUT2D eigenvalue weighted by atomic mass is 16.7. The first-order valence-electron chi connectivity index (χ1n) is 10.3. The number of amides is 2. The average molecular weight is 473 g/mol. The predicted molar refractivity (Wildman–Crippen MR) is 103 cm³/mol. The summed E-state index contributed by atoms with van der Waals surface area (Å²) in [6.45, 7) is 4.94. The first-order valence-corrected chi connectivity index (χ1v) is 10.3. The number of hydrogen-bond acceptors (Lipinski definition) is 12. The topological polar surface area (TPSA) is 161 Å². The molecule has 0 N–H and O–H groups in total. The van der Waals surface area contributed by atoms with Gasteiger partial charge in [0.05, 0.1) is 19.1 Å². The van der Waals surface area contributed by atoms with Gasteiger partial charge in [0.25, 0.3) is 11.8 Å². The van der Waals surface area contributed by atoms with E-state index in [1.807, 2.05) is 0 Å². The van der Waals surface area contributed by atoms with Crippen molar-refractivity contribution in [3.05, 3.63) is 0 Å². The van der Waals surface area contributed by atoms with Crippen LogP contribution in [0.25, 0.3) is 0 Å². The minimum atomic E-state index is -1.25. The minimum Gasteiger partial charge on any atom is -0.456 e. The number of nitrogens with zero attached hydrogens (tertiary/aromatic N) is 1. The van der Waals surface area contributed by atoms with Crippen LogP contribution in [0.15, 0.2) is 0 Å². The number of carbonyl (C=O) groups excluding carboxylic acids is 6. The summed E-state index contributed by atoms with van der Waals surface area (Å²) in [5, 5.41) is 0.449. The molecule has 0 radical (unpaired) electrons. The molecule has 0 aromatic carbocycles. The fourth-order valence-electron chi connectivity index (χ4n) is 3.33. The summed E-state index contributed by atoms with van der Waals surface area (Å²) >= 11 is 0. The largest absolute Gasteiger partial charge is 0.456 e. The highest BCUT2D eigenvalue weighted by molar-refractivity contribution is 6.01. The minimum absolute atomic E-state index is 0.0121. The summed E-state index contributed by atoms with van der Waals surface area (Å²) in [5.74, 6) is -4.04. The van der Waals surface area contributed by atoms with Crippen LogP contribution in [0.4, 0.5) is 0 Å². The number of esters is 3. The highest BCUT2D eigenvalue weighted by Crippen LogP contribution is 2.29. The fourth-order valence-corrected chi connectivity index (χ4v) is 3.33. The van der Waals surface area contributed by atoms with Gasteiger partial charge < -0.3 is 28.5 Å². The van der Waals surface area contributed by atoms with Gasteiger partial charge in [-0.15, -0.1) is 5.06 Å². The van der Waals surface area contributed by atoms with Crippen molar-refractivity contribution in [3.8, 4) is 0 Å². The monoisotopic (exact) mass is 473 g/mol.